The first-order chi connectivity index (χ1) is 11.0. The van der Waals surface area contributed by atoms with E-state index in [-0.39, 0.29) is 30.9 Å². The van der Waals surface area contributed by atoms with Crippen LogP contribution in [0.1, 0.15) is 30.1 Å². The van der Waals surface area contributed by atoms with E-state index < -0.39 is 5.97 Å². The van der Waals surface area contributed by atoms with Gasteiger partial charge in [0.05, 0.1) is 7.11 Å². The zero-order valence-electron chi connectivity index (χ0n) is 13.1. The Bertz CT molecular complexity index is 609. The smallest absolute Gasteiger partial charge is 0.344 e. The minimum Gasteiger partial charge on any atom is -0.493 e. The molecule has 1 amide bonds. The van der Waals surface area contributed by atoms with Gasteiger partial charge in [-0.1, -0.05) is 0 Å². The lowest BCUT2D eigenvalue weighted by atomic mass is 10.1. The van der Waals surface area contributed by atoms with E-state index in [1.54, 1.807) is 12.1 Å². The number of carbonyl (C=O) groups excluding carboxylic acids is 3. The highest BCUT2D eigenvalue weighted by molar-refractivity contribution is 5.94. The molecule has 0 spiro atoms. The molecule has 7 nitrogen and oxygen atoms in total. The Labute approximate surface area is 133 Å². The molecule has 0 saturated heterocycles. The lowest BCUT2D eigenvalue weighted by Crippen LogP contribution is -2.31. The van der Waals surface area contributed by atoms with Gasteiger partial charge in [-0.3, -0.25) is 9.59 Å². The maximum Gasteiger partial charge on any atom is 0.344 e. The lowest BCUT2D eigenvalue weighted by Gasteiger charge is -2.11. The molecular formula is C16H19NO6. The average molecular weight is 321 g/mol. The van der Waals surface area contributed by atoms with Crippen molar-refractivity contribution in [1.82, 2.24) is 5.32 Å². The average Bonchev–Trinajstić information content (AvgIpc) is 3.34. The van der Waals surface area contributed by atoms with Gasteiger partial charge in [-0.05, 0) is 38.0 Å². The minimum absolute atomic E-state index is 0.101. The third-order valence-corrected chi connectivity index (χ3v) is 3.22. The minimum atomic E-state index is -0.659. The van der Waals surface area contributed by atoms with Crippen molar-refractivity contribution >= 4 is 17.7 Å². The number of methoxy groups -OCH3 is 1. The summed E-state index contributed by atoms with van der Waals surface area (Å²) < 4.78 is 15.3. The van der Waals surface area contributed by atoms with E-state index in [2.05, 4.69) is 5.32 Å². The molecule has 7 heteroatoms. The molecule has 1 N–H and O–H groups in total. The number of Topliss-reactive ketones (excluding diaryl/α,β-unsaturated/α-hetero) is 1. The molecule has 0 aromatic heterocycles. The molecule has 2 rings (SSSR count). The van der Waals surface area contributed by atoms with Gasteiger partial charge in [0.25, 0.3) is 5.91 Å². The number of ether oxygens (including phenoxy) is 3. The zero-order chi connectivity index (χ0) is 16.8. The van der Waals surface area contributed by atoms with Crippen LogP contribution in [-0.2, 0) is 14.3 Å². The SMILES string of the molecule is COc1cc(C(C)=O)ccc1OCC(=O)OCC(=O)NC1CC1. The first kappa shape index (κ1) is 16.8. The second-order valence-electron chi connectivity index (χ2n) is 5.21. The summed E-state index contributed by atoms with van der Waals surface area (Å²) in [6.45, 7) is 0.769. The first-order valence-electron chi connectivity index (χ1n) is 7.26. The summed E-state index contributed by atoms with van der Waals surface area (Å²) in [4.78, 5) is 34.3. The summed E-state index contributed by atoms with van der Waals surface area (Å²) in [5.74, 6) is -0.414. The Morgan fingerprint density at radius 2 is 1.91 bits per heavy atom. The van der Waals surface area contributed by atoms with Gasteiger partial charge < -0.3 is 19.5 Å². The van der Waals surface area contributed by atoms with E-state index in [1.165, 1.54) is 20.1 Å². The van der Waals surface area contributed by atoms with Crippen LogP contribution < -0.4 is 14.8 Å². The van der Waals surface area contributed by atoms with Gasteiger partial charge in [0, 0.05) is 11.6 Å². The highest BCUT2D eigenvalue weighted by Crippen LogP contribution is 2.28. The topological polar surface area (TPSA) is 90.9 Å². The molecule has 1 saturated carbocycles. The van der Waals surface area contributed by atoms with Gasteiger partial charge in [0.1, 0.15) is 0 Å². The predicted octanol–water partition coefficient (Wildman–Crippen LogP) is 1.10. The van der Waals surface area contributed by atoms with Gasteiger partial charge in [-0.25, -0.2) is 4.79 Å². The van der Waals surface area contributed by atoms with Crippen LogP contribution in [0.25, 0.3) is 0 Å². The van der Waals surface area contributed by atoms with Crippen LogP contribution >= 0.6 is 0 Å². The second-order valence-corrected chi connectivity index (χ2v) is 5.21. The van der Waals surface area contributed by atoms with Gasteiger partial charge in [0.2, 0.25) is 0 Å². The van der Waals surface area contributed by atoms with Crippen LogP contribution in [0.2, 0.25) is 0 Å². The maximum absolute atomic E-state index is 11.6. The second kappa shape index (κ2) is 7.62. The highest BCUT2D eigenvalue weighted by atomic mass is 16.6. The number of carbonyl (C=O) groups is 3. The molecule has 1 aromatic carbocycles. The fourth-order valence-corrected chi connectivity index (χ4v) is 1.83. The number of nitrogens with one attached hydrogen (secondary N) is 1. The number of hydrogen-bond donors (Lipinski definition) is 1. The quantitative estimate of drug-likeness (QED) is 0.569. The number of esters is 1. The summed E-state index contributed by atoms with van der Waals surface area (Å²) in [6, 6.07) is 4.88. The van der Waals surface area contributed by atoms with Crippen molar-refractivity contribution in [2.75, 3.05) is 20.3 Å². The summed E-state index contributed by atoms with van der Waals surface area (Å²) in [6.07, 6.45) is 1.94. The Kier molecular flexibility index (Phi) is 5.56. The predicted molar refractivity (Wildman–Crippen MR) is 80.6 cm³/mol. The molecule has 1 fully saturated rings. The van der Waals surface area contributed by atoms with Gasteiger partial charge in [-0.2, -0.15) is 0 Å². The zero-order valence-corrected chi connectivity index (χ0v) is 13.1. The van der Waals surface area contributed by atoms with Crippen molar-refractivity contribution in [2.24, 2.45) is 0 Å². The standard InChI is InChI=1S/C16H19NO6/c1-10(18)11-3-6-13(14(7-11)21-2)22-9-16(20)23-8-15(19)17-12-4-5-12/h3,6-7,12H,4-5,8-9H2,1-2H3,(H,17,19). The van der Waals surface area contributed by atoms with E-state index in [4.69, 9.17) is 14.2 Å². The van der Waals surface area contributed by atoms with E-state index in [0.29, 0.717) is 17.1 Å². The summed E-state index contributed by atoms with van der Waals surface area (Å²) >= 11 is 0. The largest absolute Gasteiger partial charge is 0.493 e. The summed E-state index contributed by atoms with van der Waals surface area (Å²) in [5, 5.41) is 2.71. The molecular weight excluding hydrogens is 302 g/mol. The summed E-state index contributed by atoms with van der Waals surface area (Å²) in [7, 11) is 1.44. The molecule has 0 atom stereocenters. The van der Waals surface area contributed by atoms with Gasteiger partial charge >= 0.3 is 5.97 Å². The fraction of sp³-hybridized carbons (Fsp3) is 0.438. The van der Waals surface area contributed by atoms with Crippen molar-refractivity contribution in [3.8, 4) is 11.5 Å². The fourth-order valence-electron chi connectivity index (χ4n) is 1.83. The molecule has 0 bridgehead atoms. The van der Waals surface area contributed by atoms with Gasteiger partial charge in [-0.15, -0.1) is 0 Å². The van der Waals surface area contributed by atoms with Crippen molar-refractivity contribution in [3.05, 3.63) is 23.8 Å². The van der Waals surface area contributed by atoms with Crippen molar-refractivity contribution in [3.63, 3.8) is 0 Å². The highest BCUT2D eigenvalue weighted by Gasteiger charge is 2.23. The number of benzene rings is 1. The Morgan fingerprint density at radius 3 is 2.52 bits per heavy atom. The third-order valence-electron chi connectivity index (χ3n) is 3.22. The molecule has 23 heavy (non-hydrogen) atoms. The molecule has 0 radical (unpaired) electrons. The molecule has 0 aliphatic heterocycles. The molecule has 1 aliphatic carbocycles. The van der Waals surface area contributed by atoms with Crippen molar-refractivity contribution < 1.29 is 28.6 Å². The van der Waals surface area contributed by atoms with Crippen molar-refractivity contribution in [2.45, 2.75) is 25.8 Å². The summed E-state index contributed by atoms with van der Waals surface area (Å²) in [5.41, 5.74) is 0.480. The van der Waals surface area contributed by atoms with Gasteiger partial charge in [0.15, 0.2) is 30.5 Å². The van der Waals surface area contributed by atoms with E-state index in [1.807, 2.05) is 0 Å². The van der Waals surface area contributed by atoms with E-state index in [9.17, 15) is 14.4 Å². The van der Waals surface area contributed by atoms with E-state index in [0.717, 1.165) is 12.8 Å². The molecule has 0 unspecified atom stereocenters. The van der Waals surface area contributed by atoms with Crippen LogP contribution in [0.3, 0.4) is 0 Å². The molecule has 0 heterocycles. The normalized spacial score (nSPS) is 13.1. The third kappa shape index (κ3) is 5.28. The number of hydrogen-bond acceptors (Lipinski definition) is 6. The number of ketones is 1. The molecule has 1 aliphatic rings. The van der Waals surface area contributed by atoms with Crippen LogP contribution in [-0.4, -0.2) is 44.0 Å². The first-order valence-corrected chi connectivity index (χ1v) is 7.26. The van der Waals surface area contributed by atoms with Crippen LogP contribution in [0.15, 0.2) is 18.2 Å². The Balaban J connectivity index is 1.80. The number of amides is 1. The van der Waals surface area contributed by atoms with Crippen LogP contribution in [0.4, 0.5) is 0 Å². The Hall–Kier alpha value is -2.57. The monoisotopic (exact) mass is 321 g/mol. The van der Waals surface area contributed by atoms with Crippen molar-refractivity contribution in [1.29, 1.82) is 0 Å². The van der Waals surface area contributed by atoms with E-state index >= 15 is 0 Å². The Morgan fingerprint density at radius 1 is 1.17 bits per heavy atom. The lowest BCUT2D eigenvalue weighted by molar-refractivity contribution is -0.150. The number of rotatable bonds is 8. The van der Waals surface area contributed by atoms with Crippen LogP contribution in [0.5, 0.6) is 11.5 Å². The van der Waals surface area contributed by atoms with Crippen LogP contribution in [0, 0.1) is 0 Å². The maximum atomic E-state index is 11.6. The molecule has 1 aromatic rings. The molecule has 124 valence electrons.